The highest BCUT2D eigenvalue weighted by Crippen LogP contribution is 2.30. The molecule has 2 fully saturated rings. The van der Waals surface area contributed by atoms with Gasteiger partial charge in [-0.15, -0.1) is 11.8 Å². The predicted molar refractivity (Wildman–Crippen MR) is 127 cm³/mol. The van der Waals surface area contributed by atoms with Crippen molar-refractivity contribution in [2.24, 2.45) is 11.7 Å². The van der Waals surface area contributed by atoms with Gasteiger partial charge in [0, 0.05) is 19.0 Å². The van der Waals surface area contributed by atoms with Crippen molar-refractivity contribution in [2.75, 3.05) is 26.4 Å². The first-order chi connectivity index (χ1) is 15.6. The number of thioether (sulfide) groups is 1. The average Bonchev–Trinajstić information content (AvgIpc) is 3.15. The molecule has 2 aliphatic rings. The standard InChI is InChI=1S/C22H42N4O6S/c1-5-7-13-10-14(26(3)11-13)21(31)25-16(12(2)24-15(27)8-6-9-23)20-18(29)17(28)19(30)22(32-20)33-4/h12-14,16-20,22,28-30H,5-11,23H2,1-4H3,(H,24,27)(H,25,31)/t12-,13+,14-,16+,17?,18?,19+,20+,22?/m0/s1. The Labute approximate surface area is 201 Å². The van der Waals surface area contributed by atoms with E-state index < -0.39 is 41.9 Å². The van der Waals surface area contributed by atoms with Crippen LogP contribution in [-0.4, -0.2) is 106 Å². The van der Waals surface area contributed by atoms with Crippen molar-refractivity contribution in [3.8, 4) is 0 Å². The summed E-state index contributed by atoms with van der Waals surface area (Å²) in [6.45, 7) is 5.08. The lowest BCUT2D eigenvalue weighted by atomic mass is 9.90. The molecule has 2 heterocycles. The van der Waals surface area contributed by atoms with E-state index in [9.17, 15) is 24.9 Å². The topological polar surface area (TPSA) is 157 Å². The lowest BCUT2D eigenvalue weighted by Gasteiger charge is -2.45. The fraction of sp³-hybridized carbons (Fsp3) is 0.909. The Kier molecular flexibility index (Phi) is 11.3. The van der Waals surface area contributed by atoms with Crippen LogP contribution in [-0.2, 0) is 14.3 Å². The summed E-state index contributed by atoms with van der Waals surface area (Å²) in [5.74, 6) is 0.0127. The van der Waals surface area contributed by atoms with Crippen molar-refractivity contribution in [3.05, 3.63) is 0 Å². The Morgan fingerprint density at radius 3 is 2.52 bits per heavy atom. The van der Waals surface area contributed by atoms with Crippen molar-refractivity contribution in [2.45, 2.75) is 93.9 Å². The van der Waals surface area contributed by atoms with Crippen molar-refractivity contribution in [1.29, 1.82) is 0 Å². The van der Waals surface area contributed by atoms with Crippen LogP contribution >= 0.6 is 11.8 Å². The Hall–Kier alpha value is -0.950. The number of likely N-dealkylation sites (N-methyl/N-ethyl adjacent to an activating group) is 1. The first-order valence-electron chi connectivity index (χ1n) is 11.9. The first-order valence-corrected chi connectivity index (χ1v) is 13.2. The normalized spacial score (nSPS) is 34.6. The first kappa shape index (κ1) is 28.3. The molecule has 2 amide bonds. The highest BCUT2D eigenvalue weighted by molar-refractivity contribution is 7.99. The number of nitrogens with one attached hydrogen (secondary N) is 2. The zero-order valence-corrected chi connectivity index (χ0v) is 21.0. The third-order valence-electron chi connectivity index (χ3n) is 6.67. The van der Waals surface area contributed by atoms with Crippen LogP contribution < -0.4 is 16.4 Å². The fourth-order valence-corrected chi connectivity index (χ4v) is 5.50. The summed E-state index contributed by atoms with van der Waals surface area (Å²) in [5.41, 5.74) is 4.71. The van der Waals surface area contributed by atoms with Gasteiger partial charge in [0.15, 0.2) is 0 Å². The molecule has 9 atom stereocenters. The second kappa shape index (κ2) is 13.2. The van der Waals surface area contributed by atoms with Gasteiger partial charge in [0.2, 0.25) is 11.8 Å². The number of hydrogen-bond acceptors (Lipinski definition) is 9. The maximum Gasteiger partial charge on any atom is 0.237 e. The summed E-state index contributed by atoms with van der Waals surface area (Å²) in [6.07, 6.45) is 0.174. The van der Waals surface area contributed by atoms with E-state index >= 15 is 0 Å². The molecule has 2 rings (SSSR count). The zero-order valence-electron chi connectivity index (χ0n) is 20.1. The number of hydrogen-bond donors (Lipinski definition) is 6. The van der Waals surface area contributed by atoms with Gasteiger partial charge in [0.25, 0.3) is 0 Å². The van der Waals surface area contributed by atoms with Crippen LogP contribution in [0.1, 0.15) is 46.0 Å². The van der Waals surface area contributed by atoms with E-state index in [0.29, 0.717) is 18.9 Å². The molecule has 0 aromatic heterocycles. The van der Waals surface area contributed by atoms with Gasteiger partial charge in [0.05, 0.1) is 12.1 Å². The molecule has 33 heavy (non-hydrogen) atoms. The van der Waals surface area contributed by atoms with Crippen LogP contribution in [0.5, 0.6) is 0 Å². The Morgan fingerprint density at radius 1 is 1.21 bits per heavy atom. The molecule has 0 radical (unpaired) electrons. The Morgan fingerprint density at radius 2 is 1.91 bits per heavy atom. The second-order valence-corrected chi connectivity index (χ2v) is 10.2. The summed E-state index contributed by atoms with van der Waals surface area (Å²) >= 11 is 1.20. The molecule has 192 valence electrons. The molecule has 2 aliphatic heterocycles. The van der Waals surface area contributed by atoms with Gasteiger partial charge in [-0.3, -0.25) is 14.5 Å². The number of aliphatic hydroxyl groups excluding tert-OH is 3. The maximum absolute atomic E-state index is 13.3. The zero-order chi connectivity index (χ0) is 24.7. The van der Waals surface area contributed by atoms with Crippen molar-refractivity contribution >= 4 is 23.6 Å². The molecule has 0 saturated carbocycles. The molecule has 2 saturated heterocycles. The van der Waals surface area contributed by atoms with Crippen molar-refractivity contribution < 1.29 is 29.6 Å². The number of carbonyl (C=O) groups excluding carboxylic acids is 2. The SMILES string of the molecule is CCC[C@@H]1C[C@@H](C(=O)N[C@H]([C@H](C)NC(=O)CCCN)[C@H]2OC(SC)[C@H](O)C(O)C2O)N(C)C1. The molecule has 0 aromatic carbocycles. The fourth-order valence-electron chi connectivity index (χ4n) is 4.83. The Balaban J connectivity index is 2.21. The number of nitrogens with zero attached hydrogens (tertiary/aromatic N) is 1. The van der Waals surface area contributed by atoms with Crippen molar-refractivity contribution in [3.63, 3.8) is 0 Å². The molecule has 0 aromatic rings. The van der Waals surface area contributed by atoms with Gasteiger partial charge < -0.3 is 36.4 Å². The third-order valence-corrected chi connectivity index (χ3v) is 7.53. The average molecular weight is 491 g/mol. The van der Waals surface area contributed by atoms with Gasteiger partial charge in [-0.1, -0.05) is 13.3 Å². The predicted octanol–water partition coefficient (Wildman–Crippen LogP) is -0.994. The quantitative estimate of drug-likeness (QED) is 0.214. The summed E-state index contributed by atoms with van der Waals surface area (Å²) in [7, 11) is 1.92. The number of nitrogens with two attached hydrogens (primary N) is 1. The molecule has 11 heteroatoms. The van der Waals surface area contributed by atoms with Gasteiger partial charge in [-0.05, 0) is 52.0 Å². The minimum atomic E-state index is -1.44. The smallest absolute Gasteiger partial charge is 0.237 e. The maximum atomic E-state index is 13.3. The number of amides is 2. The van der Waals surface area contributed by atoms with Crippen LogP contribution in [0.25, 0.3) is 0 Å². The summed E-state index contributed by atoms with van der Waals surface area (Å²) in [6, 6.07) is -1.73. The molecule has 3 unspecified atom stereocenters. The molecule has 10 nitrogen and oxygen atoms in total. The summed E-state index contributed by atoms with van der Waals surface area (Å²) < 4.78 is 5.93. The van der Waals surface area contributed by atoms with E-state index in [1.165, 1.54) is 11.8 Å². The monoisotopic (exact) mass is 490 g/mol. The van der Waals surface area contributed by atoms with Gasteiger partial charge in [-0.2, -0.15) is 0 Å². The largest absolute Gasteiger partial charge is 0.388 e. The van der Waals surface area contributed by atoms with Crippen LogP contribution in [0.3, 0.4) is 0 Å². The number of rotatable bonds is 11. The van der Waals surface area contributed by atoms with Crippen LogP contribution in [0.4, 0.5) is 0 Å². The van der Waals surface area contributed by atoms with E-state index in [2.05, 4.69) is 17.6 Å². The third kappa shape index (κ3) is 7.27. The van der Waals surface area contributed by atoms with Crippen LogP contribution in [0.2, 0.25) is 0 Å². The van der Waals surface area contributed by atoms with E-state index in [1.807, 2.05) is 11.9 Å². The van der Waals surface area contributed by atoms with E-state index in [-0.39, 0.29) is 24.3 Å². The summed E-state index contributed by atoms with van der Waals surface area (Å²) in [4.78, 5) is 27.7. The molecular weight excluding hydrogens is 448 g/mol. The van der Waals surface area contributed by atoms with Gasteiger partial charge in [-0.25, -0.2) is 0 Å². The van der Waals surface area contributed by atoms with Gasteiger partial charge in [0.1, 0.15) is 29.9 Å². The number of carbonyl (C=O) groups is 2. The minimum Gasteiger partial charge on any atom is -0.388 e. The number of ether oxygens (including phenoxy) is 1. The van der Waals surface area contributed by atoms with Gasteiger partial charge >= 0.3 is 0 Å². The number of likely N-dealkylation sites (tertiary alicyclic amines) is 1. The van der Waals surface area contributed by atoms with Crippen LogP contribution in [0, 0.1) is 5.92 Å². The van der Waals surface area contributed by atoms with E-state index in [0.717, 1.165) is 25.8 Å². The van der Waals surface area contributed by atoms with Crippen LogP contribution in [0.15, 0.2) is 0 Å². The minimum absolute atomic E-state index is 0.207. The number of aliphatic hydroxyl groups is 3. The second-order valence-electron chi connectivity index (χ2n) is 9.31. The lowest BCUT2D eigenvalue weighted by Crippen LogP contribution is -2.67. The van der Waals surface area contributed by atoms with E-state index in [4.69, 9.17) is 10.5 Å². The Bertz CT molecular complexity index is 642. The molecular formula is C22H42N4O6S. The van der Waals surface area contributed by atoms with E-state index in [1.54, 1.807) is 13.2 Å². The highest BCUT2D eigenvalue weighted by Gasteiger charge is 2.48. The molecule has 0 bridgehead atoms. The molecule has 7 N–H and O–H groups in total. The van der Waals surface area contributed by atoms with Crippen molar-refractivity contribution in [1.82, 2.24) is 15.5 Å². The molecule has 0 spiro atoms. The molecule has 0 aliphatic carbocycles. The lowest BCUT2D eigenvalue weighted by molar-refractivity contribution is -0.207. The summed E-state index contributed by atoms with van der Waals surface area (Å²) in [5, 5.41) is 37.2. The highest BCUT2D eigenvalue weighted by atomic mass is 32.2.